The van der Waals surface area contributed by atoms with Gasteiger partial charge >= 0.3 is 17.9 Å². The summed E-state index contributed by atoms with van der Waals surface area (Å²) in [5, 5.41) is 39.6. The molecule has 0 fully saturated rings. The van der Waals surface area contributed by atoms with Gasteiger partial charge in [0.05, 0.1) is 51.2 Å². The number of carbonyl (C=O) groups excluding carboxylic acids is 2. The first kappa shape index (κ1) is 36.2. The number of nitrogen functional groups attached to an aromatic ring is 2. The highest BCUT2D eigenvalue weighted by Crippen LogP contribution is 2.48. The second kappa shape index (κ2) is 15.1. The second-order valence-electron chi connectivity index (χ2n) is 10.4. The molecule has 8 N–H and O–H groups in total. The number of aromatic carboxylic acids is 1. The van der Waals surface area contributed by atoms with E-state index in [-0.39, 0.29) is 78.9 Å². The summed E-state index contributed by atoms with van der Waals surface area (Å²) in [7, 11) is 0. The number of halogens is 2. The van der Waals surface area contributed by atoms with Crippen molar-refractivity contribution < 1.29 is 58.3 Å². The molecule has 2 aromatic carbocycles. The highest BCUT2D eigenvalue weighted by atomic mass is 35.5. The fourth-order valence-corrected chi connectivity index (χ4v) is 5.69. The first-order chi connectivity index (χ1) is 23.2. The van der Waals surface area contributed by atoms with E-state index in [0.717, 1.165) is 4.90 Å². The normalized spacial score (nSPS) is 11.3. The predicted octanol–water partition coefficient (Wildman–Crippen LogP) is 2.47. The number of ether oxygens (including phenoxy) is 2. The monoisotopic (exact) mass is 720 g/mol. The molecule has 49 heavy (non-hydrogen) atoms. The van der Waals surface area contributed by atoms with Gasteiger partial charge in [0.15, 0.2) is 0 Å². The van der Waals surface area contributed by atoms with E-state index >= 15 is 0 Å². The second-order valence-corrected chi connectivity index (χ2v) is 11.2. The molecule has 0 saturated heterocycles. The summed E-state index contributed by atoms with van der Waals surface area (Å²) in [6, 6.07) is 5.05. The van der Waals surface area contributed by atoms with Crippen molar-refractivity contribution in [1.82, 2.24) is 9.80 Å². The van der Waals surface area contributed by atoms with Crippen molar-refractivity contribution in [2.24, 2.45) is 0 Å². The zero-order chi connectivity index (χ0) is 36.2. The van der Waals surface area contributed by atoms with Gasteiger partial charge in [-0.05, 0) is 23.8 Å². The molecule has 0 aromatic heterocycles. The molecule has 0 atom stereocenters. The smallest absolute Gasteiger partial charge is 0.338 e. The summed E-state index contributed by atoms with van der Waals surface area (Å²) in [5.74, 6) is -5.20. The number of nitrogens with two attached hydrogens (primary N) is 2. The molecule has 0 unspecified atom stereocenters. The number of carboxylic acids is 3. The minimum atomic E-state index is -1.50. The number of phenols is 1. The van der Waals surface area contributed by atoms with Crippen molar-refractivity contribution in [1.29, 1.82) is 0 Å². The van der Waals surface area contributed by atoms with E-state index in [9.17, 15) is 49.2 Å². The summed E-state index contributed by atoms with van der Waals surface area (Å²) in [6.07, 6.45) is 0. The number of rotatable bonds is 16. The summed E-state index contributed by atoms with van der Waals surface area (Å²) < 4.78 is 15.8. The average molecular weight is 721 g/mol. The number of benzene rings is 3. The topological polar surface area (TPSA) is 273 Å². The van der Waals surface area contributed by atoms with Gasteiger partial charge in [0.25, 0.3) is 12.9 Å². The van der Waals surface area contributed by atoms with Crippen molar-refractivity contribution in [2.45, 2.75) is 13.1 Å². The Morgan fingerprint density at radius 2 is 1.45 bits per heavy atom. The zero-order valence-electron chi connectivity index (χ0n) is 25.0. The maximum Gasteiger partial charge on any atom is 0.338 e. The van der Waals surface area contributed by atoms with Crippen LogP contribution in [0.3, 0.4) is 0 Å². The number of carboxylic acid groups (broad SMARTS) is 3. The van der Waals surface area contributed by atoms with Gasteiger partial charge in [-0.2, -0.15) is 0 Å². The van der Waals surface area contributed by atoms with Crippen LogP contribution in [0.5, 0.6) is 5.75 Å². The number of hydrogen-bond acceptors (Lipinski definition) is 14. The van der Waals surface area contributed by atoms with Gasteiger partial charge in [0.1, 0.15) is 30.6 Å². The number of anilines is 2. The molecule has 1 heterocycles. The number of hydrogen-bond donors (Lipinski definition) is 6. The molecule has 0 saturated carbocycles. The summed E-state index contributed by atoms with van der Waals surface area (Å²) in [6.45, 7) is -3.37. The number of phenolic OH excluding ortho intramolecular Hbond substituents is 1. The van der Waals surface area contributed by atoms with Gasteiger partial charge in [0, 0.05) is 29.6 Å². The minimum Gasteiger partial charge on any atom is -0.506 e. The lowest BCUT2D eigenvalue weighted by Gasteiger charge is -2.25. The van der Waals surface area contributed by atoms with E-state index in [1.165, 1.54) is 29.2 Å². The average Bonchev–Trinajstić information content (AvgIpc) is 3.02. The lowest BCUT2D eigenvalue weighted by atomic mass is 9.87. The number of fused-ring (bicyclic) bond motifs is 2. The molecule has 2 aromatic rings. The number of carbonyl (C=O) groups is 5. The van der Waals surface area contributed by atoms with Gasteiger partial charge in [-0.3, -0.25) is 28.9 Å². The zero-order valence-corrected chi connectivity index (χ0v) is 26.5. The van der Waals surface area contributed by atoms with Crippen LogP contribution in [-0.4, -0.2) is 87.6 Å². The van der Waals surface area contributed by atoms with Gasteiger partial charge < -0.3 is 45.8 Å². The van der Waals surface area contributed by atoms with Crippen molar-refractivity contribution in [3.05, 3.63) is 61.2 Å². The number of nitrogens with zero attached hydrogens (tertiary/aromatic N) is 2. The molecule has 1 aliphatic carbocycles. The Morgan fingerprint density at radius 1 is 0.857 bits per heavy atom. The number of aliphatic carboxylic acids is 2. The molecular weight excluding hydrogens is 695 g/mol. The Bertz CT molecular complexity index is 1990. The van der Waals surface area contributed by atoms with Crippen LogP contribution < -0.4 is 16.9 Å². The Morgan fingerprint density at radius 3 is 2.00 bits per heavy atom. The van der Waals surface area contributed by atoms with Gasteiger partial charge in [-0.1, -0.05) is 29.3 Å². The maximum atomic E-state index is 13.6. The Kier molecular flexibility index (Phi) is 11.1. The lowest BCUT2D eigenvalue weighted by Crippen LogP contribution is -2.34. The lowest BCUT2D eigenvalue weighted by molar-refractivity contribution is -0.143. The Labute approximate surface area is 284 Å². The molecule has 2 aliphatic rings. The predicted molar refractivity (Wildman–Crippen MR) is 172 cm³/mol. The first-order valence-corrected chi connectivity index (χ1v) is 14.5. The third-order valence-corrected chi connectivity index (χ3v) is 7.79. The molecule has 17 nitrogen and oxygen atoms in total. The van der Waals surface area contributed by atoms with E-state index < -0.39 is 74.3 Å². The third kappa shape index (κ3) is 7.60. The SMILES string of the molecule is Nc1ccc(-c2c3cc(Cl)c(=O)c(CN(COC=O)COC=O)c-3oc3c(CN(CC(=O)O)CC(=O)O)c(O)c(Cl)cc23)c(C(=O)O)c1N. The van der Waals surface area contributed by atoms with Gasteiger partial charge in [-0.15, -0.1) is 0 Å². The molecule has 258 valence electrons. The van der Waals surface area contributed by atoms with Crippen LogP contribution in [0.25, 0.3) is 33.4 Å². The molecule has 0 spiro atoms. The standard InChI is InChI=1S/C30H26Cl2N4O13/c31-18-3-14-23(13-1-2-20(33)25(34)24(13)30(45)46)15-4-19(32)27(44)17(6-36(9-47-11-37)10-48-12-38)29(15)49-28(14)16(26(18)43)5-35(7-21(39)40)8-22(41)42/h1-4,11-12,43H,5-10,33-34H2,(H,39,40)(H,41,42)(H,45,46). The minimum absolute atomic E-state index is 0.00803. The molecule has 0 amide bonds. The fraction of sp³-hybridized carbons (Fsp3) is 0.200. The van der Waals surface area contributed by atoms with Crippen molar-refractivity contribution in [3.63, 3.8) is 0 Å². The van der Waals surface area contributed by atoms with Crippen molar-refractivity contribution in [2.75, 3.05) is 38.0 Å². The van der Waals surface area contributed by atoms with Gasteiger partial charge in [0.2, 0.25) is 5.43 Å². The van der Waals surface area contributed by atoms with E-state index in [1.54, 1.807) is 0 Å². The fourth-order valence-electron chi connectivity index (χ4n) is 5.25. The molecule has 1 aliphatic heterocycles. The molecule has 0 bridgehead atoms. The van der Waals surface area contributed by atoms with Crippen LogP contribution in [-0.2, 0) is 41.7 Å². The maximum absolute atomic E-state index is 13.6. The van der Waals surface area contributed by atoms with Crippen LogP contribution in [0, 0.1) is 0 Å². The van der Waals surface area contributed by atoms with Crippen LogP contribution in [0.15, 0.2) is 33.5 Å². The van der Waals surface area contributed by atoms with E-state index in [4.69, 9.17) is 48.6 Å². The highest BCUT2D eigenvalue weighted by Gasteiger charge is 2.31. The molecule has 0 radical (unpaired) electrons. The Hall–Kier alpha value is -5.62. The Balaban J connectivity index is 2.21. The summed E-state index contributed by atoms with van der Waals surface area (Å²) in [4.78, 5) is 73.4. The van der Waals surface area contributed by atoms with Crippen LogP contribution >= 0.6 is 23.2 Å². The quantitative estimate of drug-likeness (QED) is 0.0419. The number of aromatic hydroxyl groups is 1. The van der Waals surface area contributed by atoms with Crippen molar-refractivity contribution in [3.8, 4) is 28.2 Å². The third-order valence-electron chi connectivity index (χ3n) is 7.22. The van der Waals surface area contributed by atoms with E-state index in [2.05, 4.69) is 0 Å². The molecular formula is C30H26Cl2N4O13. The van der Waals surface area contributed by atoms with E-state index in [0.29, 0.717) is 0 Å². The van der Waals surface area contributed by atoms with E-state index in [1.807, 2.05) is 0 Å². The van der Waals surface area contributed by atoms with Crippen LogP contribution in [0.2, 0.25) is 10.0 Å². The summed E-state index contributed by atoms with van der Waals surface area (Å²) >= 11 is 12.9. The van der Waals surface area contributed by atoms with Gasteiger partial charge in [-0.25, -0.2) is 9.69 Å². The highest BCUT2D eigenvalue weighted by molar-refractivity contribution is 6.33. The molecule has 4 rings (SSSR count). The summed E-state index contributed by atoms with van der Waals surface area (Å²) in [5.41, 5.74) is 9.62. The van der Waals surface area contributed by atoms with Crippen molar-refractivity contribution >= 4 is 76.4 Å². The van der Waals surface area contributed by atoms with Crippen LogP contribution in [0.4, 0.5) is 11.4 Å². The first-order valence-electron chi connectivity index (χ1n) is 13.7. The van der Waals surface area contributed by atoms with Crippen LogP contribution in [0.1, 0.15) is 21.5 Å². The molecule has 19 heteroatoms. The largest absolute Gasteiger partial charge is 0.506 e.